The summed E-state index contributed by atoms with van der Waals surface area (Å²) in [7, 11) is 0. The third-order valence-electron chi connectivity index (χ3n) is 3.43. The van der Waals surface area contributed by atoms with Crippen LogP contribution in [0.2, 0.25) is 0 Å². The standard InChI is InChI=1S/C15H29N3O2/c1-15(2,3)18-14(20)8-11-17-13(19)5-4-12-6-9-16-10-7-12/h12,16H,4-11H2,1-3H3,(H,17,19)(H,18,20). The molecular weight excluding hydrogens is 254 g/mol. The molecule has 0 unspecified atom stereocenters. The molecule has 1 fully saturated rings. The van der Waals surface area contributed by atoms with Gasteiger partial charge in [0.25, 0.3) is 0 Å². The van der Waals surface area contributed by atoms with Crippen molar-refractivity contribution in [2.24, 2.45) is 5.92 Å². The molecule has 1 aliphatic rings. The second kappa shape index (κ2) is 8.25. The first kappa shape index (κ1) is 17.0. The highest BCUT2D eigenvalue weighted by atomic mass is 16.2. The Morgan fingerprint density at radius 1 is 1.10 bits per heavy atom. The Kier molecular flexibility index (Phi) is 6.99. The molecule has 1 heterocycles. The van der Waals surface area contributed by atoms with Gasteiger partial charge < -0.3 is 16.0 Å². The second-order valence-corrected chi connectivity index (χ2v) is 6.63. The lowest BCUT2D eigenvalue weighted by Gasteiger charge is -2.22. The van der Waals surface area contributed by atoms with Crippen molar-refractivity contribution in [3.8, 4) is 0 Å². The number of amides is 2. The maximum absolute atomic E-state index is 11.7. The number of nitrogens with one attached hydrogen (secondary N) is 3. The molecule has 0 aromatic heterocycles. The third-order valence-corrected chi connectivity index (χ3v) is 3.43. The maximum Gasteiger partial charge on any atom is 0.222 e. The minimum absolute atomic E-state index is 0.0174. The average molecular weight is 283 g/mol. The minimum Gasteiger partial charge on any atom is -0.356 e. The summed E-state index contributed by atoms with van der Waals surface area (Å²) in [5, 5.41) is 9.03. The Morgan fingerprint density at radius 3 is 2.35 bits per heavy atom. The van der Waals surface area contributed by atoms with E-state index in [2.05, 4.69) is 16.0 Å². The minimum atomic E-state index is -0.212. The zero-order valence-corrected chi connectivity index (χ0v) is 13.1. The molecule has 1 rings (SSSR count). The van der Waals surface area contributed by atoms with E-state index in [-0.39, 0.29) is 17.4 Å². The molecule has 2 amide bonds. The predicted octanol–water partition coefficient (Wildman–Crippen LogP) is 1.19. The Balaban J connectivity index is 2.06. The molecular formula is C15H29N3O2. The van der Waals surface area contributed by atoms with Crippen LogP contribution in [0.15, 0.2) is 0 Å². The highest BCUT2D eigenvalue weighted by Gasteiger charge is 2.15. The number of carbonyl (C=O) groups is 2. The van der Waals surface area contributed by atoms with Gasteiger partial charge in [0.1, 0.15) is 0 Å². The van der Waals surface area contributed by atoms with Gasteiger partial charge in [-0.2, -0.15) is 0 Å². The summed E-state index contributed by atoms with van der Waals surface area (Å²) in [4.78, 5) is 23.3. The van der Waals surface area contributed by atoms with Crippen molar-refractivity contribution in [1.29, 1.82) is 0 Å². The van der Waals surface area contributed by atoms with Crippen LogP contribution in [0.4, 0.5) is 0 Å². The quantitative estimate of drug-likeness (QED) is 0.686. The second-order valence-electron chi connectivity index (χ2n) is 6.63. The van der Waals surface area contributed by atoms with E-state index in [4.69, 9.17) is 0 Å². The van der Waals surface area contributed by atoms with E-state index in [1.807, 2.05) is 20.8 Å². The van der Waals surface area contributed by atoms with Gasteiger partial charge in [0.15, 0.2) is 0 Å². The average Bonchev–Trinajstić information content (AvgIpc) is 2.35. The van der Waals surface area contributed by atoms with E-state index in [9.17, 15) is 9.59 Å². The first-order valence-corrected chi connectivity index (χ1v) is 7.65. The van der Waals surface area contributed by atoms with Crippen LogP contribution in [0.3, 0.4) is 0 Å². The highest BCUT2D eigenvalue weighted by molar-refractivity contribution is 5.79. The summed E-state index contributed by atoms with van der Waals surface area (Å²) in [6.07, 6.45) is 4.21. The lowest BCUT2D eigenvalue weighted by molar-refractivity contribution is -0.123. The summed E-state index contributed by atoms with van der Waals surface area (Å²) < 4.78 is 0. The number of carbonyl (C=O) groups excluding carboxylic acids is 2. The van der Waals surface area contributed by atoms with Gasteiger partial charge in [-0.3, -0.25) is 9.59 Å². The molecule has 116 valence electrons. The summed E-state index contributed by atoms with van der Waals surface area (Å²) in [6.45, 7) is 8.40. The molecule has 0 spiro atoms. The van der Waals surface area contributed by atoms with Crippen LogP contribution >= 0.6 is 0 Å². The molecule has 1 aliphatic heterocycles. The smallest absolute Gasteiger partial charge is 0.222 e. The van der Waals surface area contributed by atoms with E-state index in [1.165, 1.54) is 12.8 Å². The van der Waals surface area contributed by atoms with Crippen LogP contribution in [0.5, 0.6) is 0 Å². The summed E-state index contributed by atoms with van der Waals surface area (Å²) in [6, 6.07) is 0. The fourth-order valence-corrected chi connectivity index (χ4v) is 2.39. The first-order valence-electron chi connectivity index (χ1n) is 7.65. The molecule has 5 nitrogen and oxygen atoms in total. The van der Waals surface area contributed by atoms with Crippen LogP contribution in [0, 0.1) is 5.92 Å². The van der Waals surface area contributed by atoms with Crippen LogP contribution < -0.4 is 16.0 Å². The molecule has 5 heteroatoms. The Morgan fingerprint density at radius 2 is 1.75 bits per heavy atom. The zero-order chi connectivity index (χ0) is 15.0. The van der Waals surface area contributed by atoms with E-state index in [0.717, 1.165) is 19.5 Å². The first-order chi connectivity index (χ1) is 9.37. The molecule has 3 N–H and O–H groups in total. The Hall–Kier alpha value is -1.10. The molecule has 20 heavy (non-hydrogen) atoms. The SMILES string of the molecule is CC(C)(C)NC(=O)CCNC(=O)CCC1CCNCC1. The van der Waals surface area contributed by atoms with Crippen LogP contribution in [0.1, 0.15) is 52.9 Å². The lowest BCUT2D eigenvalue weighted by atomic mass is 9.93. The van der Waals surface area contributed by atoms with Crippen LogP contribution in [-0.2, 0) is 9.59 Å². The number of hydrogen-bond donors (Lipinski definition) is 3. The predicted molar refractivity (Wildman–Crippen MR) is 80.4 cm³/mol. The largest absolute Gasteiger partial charge is 0.356 e. The van der Waals surface area contributed by atoms with Crippen molar-refractivity contribution in [3.05, 3.63) is 0 Å². The fourth-order valence-electron chi connectivity index (χ4n) is 2.39. The third kappa shape index (κ3) is 8.15. The molecule has 0 bridgehead atoms. The van der Waals surface area contributed by atoms with Gasteiger partial charge in [0.2, 0.25) is 11.8 Å². The summed E-state index contributed by atoms with van der Waals surface area (Å²) in [5.41, 5.74) is -0.212. The summed E-state index contributed by atoms with van der Waals surface area (Å²) in [5.74, 6) is 0.717. The van der Waals surface area contributed by atoms with Crippen molar-refractivity contribution in [2.75, 3.05) is 19.6 Å². The Labute approximate surface area is 122 Å². The van der Waals surface area contributed by atoms with Gasteiger partial charge in [-0.15, -0.1) is 0 Å². The van der Waals surface area contributed by atoms with Gasteiger partial charge >= 0.3 is 0 Å². The zero-order valence-electron chi connectivity index (χ0n) is 13.1. The van der Waals surface area contributed by atoms with Crippen molar-refractivity contribution in [3.63, 3.8) is 0 Å². The van der Waals surface area contributed by atoms with E-state index in [1.54, 1.807) is 0 Å². The van der Waals surface area contributed by atoms with Gasteiger partial charge in [0.05, 0.1) is 0 Å². The molecule has 0 radical (unpaired) electrons. The number of hydrogen-bond acceptors (Lipinski definition) is 3. The normalized spacial score (nSPS) is 16.8. The molecule has 0 saturated carbocycles. The van der Waals surface area contributed by atoms with Gasteiger partial charge in [0, 0.05) is 24.9 Å². The topological polar surface area (TPSA) is 70.2 Å². The van der Waals surface area contributed by atoms with Crippen molar-refractivity contribution in [2.45, 2.75) is 58.4 Å². The molecule has 0 aliphatic carbocycles. The van der Waals surface area contributed by atoms with Crippen LogP contribution in [0.25, 0.3) is 0 Å². The fraction of sp³-hybridized carbons (Fsp3) is 0.867. The summed E-state index contributed by atoms with van der Waals surface area (Å²) >= 11 is 0. The molecule has 0 atom stereocenters. The van der Waals surface area contributed by atoms with Gasteiger partial charge in [-0.1, -0.05) is 0 Å². The highest BCUT2D eigenvalue weighted by Crippen LogP contribution is 2.17. The Bertz CT molecular complexity index is 318. The lowest BCUT2D eigenvalue weighted by Crippen LogP contribution is -2.42. The molecule has 1 saturated heterocycles. The number of piperidine rings is 1. The van der Waals surface area contributed by atoms with Crippen molar-refractivity contribution in [1.82, 2.24) is 16.0 Å². The number of rotatable bonds is 6. The van der Waals surface area contributed by atoms with Gasteiger partial charge in [-0.05, 0) is 59.0 Å². The van der Waals surface area contributed by atoms with Crippen molar-refractivity contribution >= 4 is 11.8 Å². The monoisotopic (exact) mass is 283 g/mol. The van der Waals surface area contributed by atoms with E-state index < -0.39 is 0 Å². The van der Waals surface area contributed by atoms with Crippen LogP contribution in [-0.4, -0.2) is 37.0 Å². The van der Waals surface area contributed by atoms with E-state index in [0.29, 0.717) is 25.3 Å². The molecule has 0 aromatic carbocycles. The molecule has 0 aromatic rings. The van der Waals surface area contributed by atoms with E-state index >= 15 is 0 Å². The van der Waals surface area contributed by atoms with Gasteiger partial charge in [-0.25, -0.2) is 0 Å². The maximum atomic E-state index is 11.7. The van der Waals surface area contributed by atoms with Crippen molar-refractivity contribution < 1.29 is 9.59 Å².